The molecule has 2 aromatic carbocycles. The second-order valence-corrected chi connectivity index (χ2v) is 7.20. The van der Waals surface area contributed by atoms with Crippen molar-refractivity contribution in [3.05, 3.63) is 65.0 Å². The summed E-state index contributed by atoms with van der Waals surface area (Å²) in [6.07, 6.45) is 0. The fourth-order valence-electron chi connectivity index (χ4n) is 2.13. The Bertz CT molecular complexity index is 851. The van der Waals surface area contributed by atoms with Crippen LogP contribution in [0.2, 0.25) is 0 Å². The first kappa shape index (κ1) is 18.1. The molecule has 0 spiro atoms. The van der Waals surface area contributed by atoms with E-state index in [-0.39, 0.29) is 11.4 Å². The summed E-state index contributed by atoms with van der Waals surface area (Å²) in [6, 6.07) is 11.1. The number of benzene rings is 2. The van der Waals surface area contributed by atoms with Gasteiger partial charge in [-0.3, -0.25) is 4.79 Å². The first-order valence-electron chi connectivity index (χ1n) is 7.36. The van der Waals surface area contributed by atoms with Gasteiger partial charge in [-0.1, -0.05) is 30.3 Å². The first-order valence-corrected chi connectivity index (χ1v) is 8.85. The van der Waals surface area contributed by atoms with E-state index in [9.17, 15) is 17.6 Å². The van der Waals surface area contributed by atoms with Gasteiger partial charge >= 0.3 is 0 Å². The van der Waals surface area contributed by atoms with Gasteiger partial charge in [0.2, 0.25) is 15.9 Å². The van der Waals surface area contributed by atoms with E-state index in [1.54, 1.807) is 44.2 Å². The predicted octanol–water partition coefficient (Wildman–Crippen LogP) is 2.04. The monoisotopic (exact) mass is 350 g/mol. The van der Waals surface area contributed by atoms with E-state index < -0.39 is 28.3 Å². The highest BCUT2D eigenvalue weighted by Gasteiger charge is 2.18. The maximum atomic E-state index is 13.5. The Balaban J connectivity index is 1.95. The third-order valence-corrected chi connectivity index (χ3v) is 5.03. The normalized spacial score (nSPS) is 11.3. The second-order valence-electron chi connectivity index (χ2n) is 5.46. The SMILES string of the molecule is Cc1ccc(C)c(S(=O)(=O)NCC(=O)NCc2ccccc2F)c1. The molecule has 0 unspecified atom stereocenters. The molecular formula is C17H19FN2O3S. The number of hydrogen-bond donors (Lipinski definition) is 2. The average molecular weight is 350 g/mol. The van der Waals surface area contributed by atoms with Crippen molar-refractivity contribution in [3.8, 4) is 0 Å². The Labute approximate surface area is 141 Å². The zero-order chi connectivity index (χ0) is 17.7. The smallest absolute Gasteiger partial charge is 0.241 e. The lowest BCUT2D eigenvalue weighted by atomic mass is 10.2. The fraction of sp³-hybridized carbons (Fsp3) is 0.235. The number of hydrogen-bond acceptors (Lipinski definition) is 3. The molecule has 0 fully saturated rings. The molecule has 7 heteroatoms. The van der Waals surface area contributed by atoms with Crippen LogP contribution in [0, 0.1) is 19.7 Å². The van der Waals surface area contributed by atoms with Gasteiger partial charge in [-0.15, -0.1) is 0 Å². The van der Waals surface area contributed by atoms with Gasteiger partial charge in [-0.2, -0.15) is 0 Å². The van der Waals surface area contributed by atoms with Gasteiger partial charge in [0.05, 0.1) is 11.4 Å². The molecule has 2 rings (SSSR count). The van der Waals surface area contributed by atoms with Crippen LogP contribution in [0.5, 0.6) is 0 Å². The van der Waals surface area contributed by atoms with Gasteiger partial charge in [0.25, 0.3) is 0 Å². The molecule has 0 aliphatic rings. The van der Waals surface area contributed by atoms with E-state index in [0.717, 1.165) is 5.56 Å². The molecule has 0 saturated carbocycles. The van der Waals surface area contributed by atoms with Crippen LogP contribution in [0.1, 0.15) is 16.7 Å². The van der Waals surface area contributed by atoms with Crippen LogP contribution in [-0.4, -0.2) is 20.9 Å². The minimum absolute atomic E-state index is 0.00327. The van der Waals surface area contributed by atoms with Crippen LogP contribution in [0.3, 0.4) is 0 Å². The van der Waals surface area contributed by atoms with Crippen molar-refractivity contribution in [3.63, 3.8) is 0 Å². The second kappa shape index (κ2) is 7.55. The molecule has 1 amide bonds. The van der Waals surface area contributed by atoms with Gasteiger partial charge in [-0.05, 0) is 37.1 Å². The number of carbonyl (C=O) groups excluding carboxylic acids is 1. The summed E-state index contributed by atoms with van der Waals surface area (Å²) in [5.74, 6) is -0.957. The van der Waals surface area contributed by atoms with Gasteiger partial charge in [0.15, 0.2) is 0 Å². The number of nitrogens with one attached hydrogen (secondary N) is 2. The molecule has 0 bridgehead atoms. The quantitative estimate of drug-likeness (QED) is 0.837. The Kier molecular flexibility index (Phi) is 5.69. The minimum atomic E-state index is -3.78. The van der Waals surface area contributed by atoms with Crippen LogP contribution in [-0.2, 0) is 21.4 Å². The van der Waals surface area contributed by atoms with Gasteiger partial charge in [-0.25, -0.2) is 17.5 Å². The highest BCUT2D eigenvalue weighted by molar-refractivity contribution is 7.89. The van der Waals surface area contributed by atoms with E-state index in [0.29, 0.717) is 11.1 Å². The first-order chi connectivity index (χ1) is 11.3. The molecule has 0 atom stereocenters. The molecule has 24 heavy (non-hydrogen) atoms. The number of rotatable bonds is 6. The summed E-state index contributed by atoms with van der Waals surface area (Å²) in [4.78, 5) is 11.9. The molecule has 0 aliphatic carbocycles. The van der Waals surface area contributed by atoms with Crippen LogP contribution in [0.25, 0.3) is 0 Å². The highest BCUT2D eigenvalue weighted by Crippen LogP contribution is 2.16. The number of aryl methyl sites for hydroxylation is 2. The summed E-state index contributed by atoms with van der Waals surface area (Å²) in [6.45, 7) is 3.06. The summed E-state index contributed by atoms with van der Waals surface area (Å²) >= 11 is 0. The molecule has 0 saturated heterocycles. The van der Waals surface area contributed by atoms with Crippen molar-refractivity contribution in [2.24, 2.45) is 0 Å². The zero-order valence-corrected chi connectivity index (χ0v) is 14.3. The molecule has 0 aliphatic heterocycles. The van der Waals surface area contributed by atoms with Crippen LogP contribution in [0.4, 0.5) is 4.39 Å². The summed E-state index contributed by atoms with van der Waals surface area (Å²) in [5.41, 5.74) is 1.74. The van der Waals surface area contributed by atoms with E-state index in [4.69, 9.17) is 0 Å². The Morgan fingerprint density at radius 3 is 2.54 bits per heavy atom. The summed E-state index contributed by atoms with van der Waals surface area (Å²) in [5, 5.41) is 2.48. The van der Waals surface area contributed by atoms with Crippen molar-refractivity contribution < 1.29 is 17.6 Å². The van der Waals surface area contributed by atoms with E-state index in [2.05, 4.69) is 10.0 Å². The molecular weight excluding hydrogens is 331 g/mol. The van der Waals surface area contributed by atoms with Crippen molar-refractivity contribution in [2.75, 3.05) is 6.54 Å². The zero-order valence-electron chi connectivity index (χ0n) is 13.5. The van der Waals surface area contributed by atoms with Crippen molar-refractivity contribution in [2.45, 2.75) is 25.3 Å². The molecule has 2 N–H and O–H groups in total. The minimum Gasteiger partial charge on any atom is -0.351 e. The molecule has 0 radical (unpaired) electrons. The number of carbonyl (C=O) groups is 1. The lowest BCUT2D eigenvalue weighted by Gasteiger charge is -2.10. The molecule has 0 heterocycles. The Morgan fingerprint density at radius 2 is 1.83 bits per heavy atom. The third kappa shape index (κ3) is 4.62. The van der Waals surface area contributed by atoms with E-state index in [1.165, 1.54) is 6.07 Å². The van der Waals surface area contributed by atoms with E-state index >= 15 is 0 Å². The highest BCUT2D eigenvalue weighted by atomic mass is 32.2. The Hall–Kier alpha value is -2.25. The van der Waals surface area contributed by atoms with Gasteiger partial charge in [0.1, 0.15) is 5.82 Å². The lowest BCUT2D eigenvalue weighted by Crippen LogP contribution is -2.37. The number of sulfonamides is 1. The molecule has 0 aromatic heterocycles. The Morgan fingerprint density at radius 1 is 1.12 bits per heavy atom. The van der Waals surface area contributed by atoms with Crippen molar-refractivity contribution in [1.29, 1.82) is 0 Å². The van der Waals surface area contributed by atoms with Gasteiger partial charge < -0.3 is 5.32 Å². The average Bonchev–Trinajstić information content (AvgIpc) is 2.54. The maximum Gasteiger partial charge on any atom is 0.241 e. The van der Waals surface area contributed by atoms with Gasteiger partial charge in [0, 0.05) is 12.1 Å². The largest absolute Gasteiger partial charge is 0.351 e. The standard InChI is InChI=1S/C17H19FN2O3S/c1-12-7-8-13(2)16(9-12)24(22,23)20-11-17(21)19-10-14-5-3-4-6-15(14)18/h3-9,20H,10-11H2,1-2H3,(H,19,21). The molecule has 128 valence electrons. The van der Waals surface area contributed by atoms with Crippen LogP contribution < -0.4 is 10.0 Å². The number of halogens is 1. The maximum absolute atomic E-state index is 13.5. The summed E-state index contributed by atoms with van der Waals surface area (Å²) < 4.78 is 40.3. The molecule has 2 aromatic rings. The van der Waals surface area contributed by atoms with E-state index in [1.807, 2.05) is 6.07 Å². The third-order valence-electron chi connectivity index (χ3n) is 3.49. The van der Waals surface area contributed by atoms with Crippen molar-refractivity contribution in [1.82, 2.24) is 10.0 Å². The lowest BCUT2D eigenvalue weighted by molar-refractivity contribution is -0.120. The topological polar surface area (TPSA) is 75.3 Å². The number of amides is 1. The van der Waals surface area contributed by atoms with Crippen LogP contribution in [0.15, 0.2) is 47.4 Å². The molecule has 5 nitrogen and oxygen atoms in total. The fourth-order valence-corrected chi connectivity index (χ4v) is 3.44. The predicted molar refractivity (Wildman–Crippen MR) is 89.4 cm³/mol. The van der Waals surface area contributed by atoms with Crippen LogP contribution >= 0.6 is 0 Å². The van der Waals surface area contributed by atoms with Crippen molar-refractivity contribution >= 4 is 15.9 Å². The summed E-state index contributed by atoms with van der Waals surface area (Å²) in [7, 11) is -3.78.